The average molecular weight is 475 g/mol. The molecule has 1 saturated heterocycles. The van der Waals surface area contributed by atoms with Crippen molar-refractivity contribution in [3.63, 3.8) is 0 Å². The normalized spacial score (nSPS) is 17.6. The Balaban J connectivity index is 1.93. The Bertz CT molecular complexity index is 959. The van der Waals surface area contributed by atoms with Gasteiger partial charge in [0.1, 0.15) is 16.1 Å². The van der Waals surface area contributed by atoms with Crippen LogP contribution in [0.25, 0.3) is 10.8 Å². The summed E-state index contributed by atoms with van der Waals surface area (Å²) in [6, 6.07) is 12.1. The molecule has 0 unspecified atom stereocenters. The third-order valence-corrected chi connectivity index (χ3v) is 7.49. The molecule has 0 aliphatic carbocycles. The first kappa shape index (κ1) is 25.7. The Morgan fingerprint density at radius 2 is 1.73 bits per heavy atom. The van der Waals surface area contributed by atoms with Crippen molar-refractivity contribution >= 4 is 28.2 Å². The molecule has 1 aliphatic heterocycles. The van der Waals surface area contributed by atoms with Crippen LogP contribution in [-0.2, 0) is 16.1 Å². The number of fused-ring (bicyclic) bond motifs is 1. The summed E-state index contributed by atoms with van der Waals surface area (Å²) in [5.41, 5.74) is 0.515. The van der Waals surface area contributed by atoms with Gasteiger partial charge < -0.3 is 18.9 Å². The molecule has 0 radical (unpaired) electrons. The number of hydrogen-bond acceptors (Lipinski definition) is 5. The lowest BCUT2D eigenvalue weighted by molar-refractivity contribution is 0.0171. The van der Waals surface area contributed by atoms with Crippen molar-refractivity contribution in [3.05, 3.63) is 42.0 Å². The number of nitrogens with zero attached hydrogens (tertiary/aromatic N) is 1. The van der Waals surface area contributed by atoms with Crippen LogP contribution in [0.2, 0.25) is 0 Å². The van der Waals surface area contributed by atoms with Crippen LogP contribution in [0.3, 0.4) is 0 Å². The molecular formula is C26H38N2O4S. The van der Waals surface area contributed by atoms with Gasteiger partial charge in [0.05, 0.1) is 13.2 Å². The molecule has 33 heavy (non-hydrogen) atoms. The summed E-state index contributed by atoms with van der Waals surface area (Å²) in [4.78, 5) is 14.3. The predicted octanol–water partition coefficient (Wildman–Crippen LogP) is 5.59. The number of ether oxygens (including phenoxy) is 2. The SMILES string of the molecule is COc1ccc2ccccc2c1[C@H](N[S@@+]([O-])C(C)(C)C)C1CCN(C(=O)OC(C)(C)C)CC1. The Hall–Kier alpha value is -1.96. The van der Waals surface area contributed by atoms with E-state index in [0.717, 1.165) is 34.9 Å². The minimum Gasteiger partial charge on any atom is -0.598 e. The van der Waals surface area contributed by atoms with Crippen molar-refractivity contribution in [1.29, 1.82) is 0 Å². The minimum absolute atomic E-state index is 0.174. The summed E-state index contributed by atoms with van der Waals surface area (Å²) >= 11 is -1.26. The van der Waals surface area contributed by atoms with Crippen molar-refractivity contribution in [3.8, 4) is 5.75 Å². The Kier molecular flexibility index (Phi) is 7.87. The molecule has 1 fully saturated rings. The fraction of sp³-hybridized carbons (Fsp3) is 0.577. The highest BCUT2D eigenvalue weighted by atomic mass is 32.2. The van der Waals surface area contributed by atoms with E-state index in [4.69, 9.17) is 9.47 Å². The fourth-order valence-corrected chi connectivity index (χ4v) is 5.09. The summed E-state index contributed by atoms with van der Waals surface area (Å²) in [7, 11) is 1.68. The maximum absolute atomic E-state index is 13.2. The number of benzene rings is 2. The van der Waals surface area contributed by atoms with Gasteiger partial charge in [-0.25, -0.2) is 4.79 Å². The van der Waals surface area contributed by atoms with Crippen LogP contribution in [0.5, 0.6) is 5.75 Å². The number of methoxy groups -OCH3 is 1. The van der Waals surface area contributed by atoms with Gasteiger partial charge in [-0.3, -0.25) is 0 Å². The number of rotatable bonds is 5. The van der Waals surface area contributed by atoms with E-state index >= 15 is 0 Å². The molecule has 0 spiro atoms. The van der Waals surface area contributed by atoms with Gasteiger partial charge in [-0.15, -0.1) is 4.72 Å². The summed E-state index contributed by atoms with van der Waals surface area (Å²) < 4.78 is 27.6. The second kappa shape index (κ2) is 10.1. The number of likely N-dealkylation sites (tertiary alicyclic amines) is 1. The van der Waals surface area contributed by atoms with Crippen LogP contribution < -0.4 is 9.46 Å². The first-order valence-corrected chi connectivity index (χ1v) is 12.8. The largest absolute Gasteiger partial charge is 0.598 e. The molecular weight excluding hydrogens is 436 g/mol. The molecule has 6 nitrogen and oxygen atoms in total. The average Bonchev–Trinajstić information content (AvgIpc) is 2.75. The third kappa shape index (κ3) is 6.34. The maximum atomic E-state index is 13.2. The van der Waals surface area contributed by atoms with Crippen molar-refractivity contribution in [2.45, 2.75) is 70.8 Å². The van der Waals surface area contributed by atoms with Gasteiger partial charge in [-0.05, 0) is 77.1 Å². The highest BCUT2D eigenvalue weighted by Crippen LogP contribution is 2.41. The van der Waals surface area contributed by atoms with Gasteiger partial charge in [0, 0.05) is 30.0 Å². The molecule has 1 N–H and O–H groups in total. The summed E-state index contributed by atoms with van der Waals surface area (Å²) in [6.07, 6.45) is 1.29. The van der Waals surface area contributed by atoms with Gasteiger partial charge in [0.25, 0.3) is 0 Å². The first-order valence-electron chi connectivity index (χ1n) is 11.6. The van der Waals surface area contributed by atoms with E-state index in [-0.39, 0.29) is 18.1 Å². The lowest BCUT2D eigenvalue weighted by Gasteiger charge is -2.38. The molecule has 3 rings (SSSR count). The van der Waals surface area contributed by atoms with E-state index in [1.54, 1.807) is 12.0 Å². The van der Waals surface area contributed by atoms with E-state index in [9.17, 15) is 9.35 Å². The molecule has 0 aromatic heterocycles. The highest BCUT2D eigenvalue weighted by molar-refractivity contribution is 7.90. The number of piperidine rings is 1. The molecule has 2 atom stereocenters. The van der Waals surface area contributed by atoms with Crippen LogP contribution >= 0.6 is 0 Å². The van der Waals surface area contributed by atoms with Crippen LogP contribution in [0.15, 0.2) is 36.4 Å². The quantitative estimate of drug-likeness (QED) is 0.572. The molecule has 1 amide bonds. The van der Waals surface area contributed by atoms with Gasteiger partial charge >= 0.3 is 6.09 Å². The topological polar surface area (TPSA) is 73.9 Å². The zero-order valence-electron chi connectivity index (χ0n) is 20.9. The number of carbonyl (C=O) groups excluding carboxylic acids is 1. The van der Waals surface area contributed by atoms with E-state index in [0.29, 0.717) is 13.1 Å². The van der Waals surface area contributed by atoms with Crippen LogP contribution in [0.1, 0.15) is 66.0 Å². The zero-order chi connectivity index (χ0) is 24.4. The van der Waals surface area contributed by atoms with E-state index in [1.165, 1.54) is 0 Å². The van der Waals surface area contributed by atoms with Crippen LogP contribution in [0.4, 0.5) is 4.79 Å². The minimum atomic E-state index is -1.26. The number of amides is 1. The lowest BCUT2D eigenvalue weighted by Crippen LogP contribution is -2.47. The fourth-order valence-electron chi connectivity index (χ4n) is 4.20. The molecule has 2 aromatic rings. The van der Waals surface area contributed by atoms with E-state index in [2.05, 4.69) is 22.9 Å². The smallest absolute Gasteiger partial charge is 0.410 e. The third-order valence-electron chi connectivity index (χ3n) is 5.91. The van der Waals surface area contributed by atoms with Gasteiger partial charge in [0.2, 0.25) is 0 Å². The Morgan fingerprint density at radius 1 is 1.09 bits per heavy atom. The monoisotopic (exact) mass is 474 g/mol. The van der Waals surface area contributed by atoms with Gasteiger partial charge in [0.15, 0.2) is 0 Å². The van der Waals surface area contributed by atoms with Gasteiger partial charge in [-0.1, -0.05) is 30.3 Å². The first-order chi connectivity index (χ1) is 15.4. The zero-order valence-corrected chi connectivity index (χ0v) is 21.8. The number of hydrogen-bond donors (Lipinski definition) is 1. The Labute approximate surface area is 201 Å². The standard InChI is InChI=1S/C26H38N2O4S/c1-25(2,3)32-24(29)28-16-14-19(15-17-28)23(27-33(30)26(4,5)6)22-20-11-9-8-10-18(20)12-13-21(22)31-7/h8-13,19,23,27H,14-17H2,1-7H3/t23-,33+/m1/s1. The predicted molar refractivity (Wildman–Crippen MR) is 135 cm³/mol. The van der Waals surface area contributed by atoms with Crippen molar-refractivity contribution in [2.24, 2.45) is 5.92 Å². The highest BCUT2D eigenvalue weighted by Gasteiger charge is 2.38. The van der Waals surface area contributed by atoms with Crippen molar-refractivity contribution < 1.29 is 18.8 Å². The van der Waals surface area contributed by atoms with Crippen molar-refractivity contribution in [2.75, 3.05) is 20.2 Å². The number of carbonyl (C=O) groups is 1. The Morgan fingerprint density at radius 3 is 2.30 bits per heavy atom. The summed E-state index contributed by atoms with van der Waals surface area (Å²) in [5.74, 6) is 0.973. The molecule has 7 heteroatoms. The molecule has 1 heterocycles. The van der Waals surface area contributed by atoms with Crippen molar-refractivity contribution in [1.82, 2.24) is 9.62 Å². The van der Waals surface area contributed by atoms with E-state index < -0.39 is 21.7 Å². The second-order valence-electron chi connectivity index (χ2n) is 10.7. The molecule has 2 aromatic carbocycles. The molecule has 0 saturated carbocycles. The summed E-state index contributed by atoms with van der Waals surface area (Å²) in [6.45, 7) is 12.8. The molecule has 1 aliphatic rings. The van der Waals surface area contributed by atoms with Crippen LogP contribution in [-0.4, -0.2) is 46.1 Å². The molecule has 182 valence electrons. The van der Waals surface area contributed by atoms with E-state index in [1.807, 2.05) is 59.7 Å². The summed E-state index contributed by atoms with van der Waals surface area (Å²) in [5, 5.41) is 2.21. The lowest BCUT2D eigenvalue weighted by atomic mass is 9.83. The number of nitrogens with one attached hydrogen (secondary N) is 1. The maximum Gasteiger partial charge on any atom is 0.410 e. The van der Waals surface area contributed by atoms with Gasteiger partial charge in [-0.2, -0.15) is 0 Å². The van der Waals surface area contributed by atoms with Crippen LogP contribution in [0, 0.1) is 5.92 Å². The molecule has 0 bridgehead atoms. The second-order valence-corrected chi connectivity index (χ2v) is 12.7.